The summed E-state index contributed by atoms with van der Waals surface area (Å²) in [4.78, 5) is 0. The predicted octanol–water partition coefficient (Wildman–Crippen LogP) is 3.95. The van der Waals surface area contributed by atoms with Crippen molar-refractivity contribution in [1.82, 2.24) is 0 Å². The van der Waals surface area contributed by atoms with Crippen molar-refractivity contribution >= 4 is 12.4 Å². The normalized spacial score (nSPS) is 13.7. The van der Waals surface area contributed by atoms with Crippen LogP contribution in [0.25, 0.3) is 0 Å². The summed E-state index contributed by atoms with van der Waals surface area (Å²) in [5, 5.41) is 10.9. The minimum absolute atomic E-state index is 0.156. The second kappa shape index (κ2) is 7.47. The lowest BCUT2D eigenvalue weighted by atomic mass is 9.48. The van der Waals surface area contributed by atoms with Gasteiger partial charge < -0.3 is 5.02 Å². The molecule has 2 unspecified atom stereocenters. The summed E-state index contributed by atoms with van der Waals surface area (Å²) in [6.07, 6.45) is 2.15. The summed E-state index contributed by atoms with van der Waals surface area (Å²) in [6.45, 7) is 6.11. The van der Waals surface area contributed by atoms with Gasteiger partial charge in [-0.1, -0.05) is 80.4 Å². The van der Waals surface area contributed by atoms with Crippen LogP contribution in [-0.2, 0) is 0 Å². The number of hydrogen-bond acceptors (Lipinski definition) is 1. The lowest BCUT2D eigenvalue weighted by Crippen LogP contribution is -2.38. The highest BCUT2D eigenvalue weighted by Crippen LogP contribution is 2.27. The molecular formula is C19H25BO. The average molecular weight is 280 g/mol. The molecule has 1 N–H and O–H groups in total. The van der Waals surface area contributed by atoms with Gasteiger partial charge in [0.05, 0.1) is 0 Å². The molecule has 0 fully saturated rings. The molecule has 0 aliphatic carbocycles. The van der Waals surface area contributed by atoms with Crippen molar-refractivity contribution in [3.05, 3.63) is 65.7 Å². The van der Waals surface area contributed by atoms with E-state index in [4.69, 9.17) is 0 Å². The SMILES string of the molecule is CCC(C)CC(B(O)c1ccc(C)cc1)c1ccccc1. The second-order valence-electron chi connectivity index (χ2n) is 6.12. The van der Waals surface area contributed by atoms with Crippen LogP contribution in [0.3, 0.4) is 0 Å². The zero-order valence-corrected chi connectivity index (χ0v) is 13.3. The van der Waals surface area contributed by atoms with E-state index < -0.39 is 6.92 Å². The summed E-state index contributed by atoms with van der Waals surface area (Å²) in [7, 11) is 0. The number of hydrogen-bond donors (Lipinski definition) is 1. The molecule has 0 aliphatic rings. The third-order valence-corrected chi connectivity index (χ3v) is 4.38. The van der Waals surface area contributed by atoms with E-state index in [9.17, 15) is 5.02 Å². The molecule has 0 aliphatic heterocycles. The first-order chi connectivity index (χ1) is 10.1. The monoisotopic (exact) mass is 280 g/mol. The van der Waals surface area contributed by atoms with Gasteiger partial charge in [0.15, 0.2) is 0 Å². The molecule has 110 valence electrons. The molecule has 0 heterocycles. The van der Waals surface area contributed by atoms with Crippen molar-refractivity contribution in [3.63, 3.8) is 0 Å². The molecule has 0 spiro atoms. The smallest absolute Gasteiger partial charge is 0.331 e. The van der Waals surface area contributed by atoms with Crippen molar-refractivity contribution in [2.45, 2.75) is 39.4 Å². The molecule has 0 amide bonds. The Morgan fingerprint density at radius 3 is 2.19 bits per heavy atom. The molecule has 2 aromatic carbocycles. The summed E-state index contributed by atoms with van der Waals surface area (Å²) in [6, 6.07) is 18.6. The molecule has 2 aromatic rings. The molecule has 2 atom stereocenters. The van der Waals surface area contributed by atoms with E-state index >= 15 is 0 Å². The Morgan fingerprint density at radius 2 is 1.62 bits per heavy atom. The van der Waals surface area contributed by atoms with Crippen molar-refractivity contribution in [2.75, 3.05) is 0 Å². The fourth-order valence-electron chi connectivity index (χ4n) is 2.74. The fraction of sp³-hybridized carbons (Fsp3) is 0.368. The van der Waals surface area contributed by atoms with Crippen LogP contribution >= 0.6 is 0 Å². The Hall–Kier alpha value is -1.54. The van der Waals surface area contributed by atoms with Crippen molar-refractivity contribution in [2.24, 2.45) is 5.92 Å². The molecule has 0 saturated heterocycles. The highest BCUT2D eigenvalue weighted by atomic mass is 16.2. The summed E-state index contributed by atoms with van der Waals surface area (Å²) < 4.78 is 0. The van der Waals surface area contributed by atoms with E-state index in [0.29, 0.717) is 5.92 Å². The van der Waals surface area contributed by atoms with Crippen LogP contribution in [-0.4, -0.2) is 11.9 Å². The molecule has 0 saturated carbocycles. The zero-order valence-electron chi connectivity index (χ0n) is 13.3. The highest BCUT2D eigenvalue weighted by molar-refractivity contribution is 6.67. The standard InChI is InChI=1S/C19H25BO/c1-4-15(2)14-19(17-8-6-5-7-9-17)20(21)18-12-10-16(3)11-13-18/h5-13,15,19,21H,4,14H2,1-3H3. The van der Waals surface area contributed by atoms with Crippen LogP contribution in [0.2, 0.25) is 0 Å². The van der Waals surface area contributed by atoms with Crippen LogP contribution in [0.4, 0.5) is 0 Å². The topological polar surface area (TPSA) is 20.2 Å². The third-order valence-electron chi connectivity index (χ3n) is 4.38. The van der Waals surface area contributed by atoms with E-state index in [-0.39, 0.29) is 5.82 Å². The second-order valence-corrected chi connectivity index (χ2v) is 6.12. The maximum atomic E-state index is 10.9. The third kappa shape index (κ3) is 4.21. The van der Waals surface area contributed by atoms with E-state index in [2.05, 4.69) is 57.2 Å². The average Bonchev–Trinajstić information content (AvgIpc) is 2.53. The van der Waals surface area contributed by atoms with Gasteiger partial charge in [0, 0.05) is 0 Å². The molecule has 2 rings (SSSR count). The van der Waals surface area contributed by atoms with Crippen LogP contribution in [0.1, 0.15) is 43.6 Å². The van der Waals surface area contributed by atoms with Crippen LogP contribution in [0, 0.1) is 12.8 Å². The molecular weight excluding hydrogens is 255 g/mol. The van der Waals surface area contributed by atoms with Gasteiger partial charge in [0.1, 0.15) is 0 Å². The van der Waals surface area contributed by atoms with Gasteiger partial charge in [-0.2, -0.15) is 0 Å². The summed E-state index contributed by atoms with van der Waals surface area (Å²) >= 11 is 0. The highest BCUT2D eigenvalue weighted by Gasteiger charge is 2.28. The van der Waals surface area contributed by atoms with Crippen molar-refractivity contribution < 1.29 is 5.02 Å². The molecule has 1 nitrogen and oxygen atoms in total. The van der Waals surface area contributed by atoms with E-state index in [1.54, 1.807) is 0 Å². The molecule has 0 aromatic heterocycles. The van der Waals surface area contributed by atoms with Gasteiger partial charge in [-0.25, -0.2) is 0 Å². The van der Waals surface area contributed by atoms with Gasteiger partial charge in [0.2, 0.25) is 0 Å². The van der Waals surface area contributed by atoms with Crippen LogP contribution < -0.4 is 5.46 Å². The number of aryl methyl sites for hydroxylation is 1. The van der Waals surface area contributed by atoms with Crippen molar-refractivity contribution in [3.8, 4) is 0 Å². The Labute approximate surface area is 129 Å². The first kappa shape index (κ1) is 15.8. The fourth-order valence-corrected chi connectivity index (χ4v) is 2.74. The number of rotatable bonds is 6. The van der Waals surface area contributed by atoms with Crippen molar-refractivity contribution in [1.29, 1.82) is 0 Å². The maximum Gasteiger partial charge on any atom is 0.331 e. The minimum Gasteiger partial charge on any atom is -0.446 e. The lowest BCUT2D eigenvalue weighted by Gasteiger charge is -2.24. The lowest BCUT2D eigenvalue weighted by molar-refractivity contribution is 0.473. The Morgan fingerprint density at radius 1 is 1.00 bits per heavy atom. The molecule has 21 heavy (non-hydrogen) atoms. The van der Waals surface area contributed by atoms with Crippen LogP contribution in [0.5, 0.6) is 0 Å². The number of benzene rings is 2. The van der Waals surface area contributed by atoms with E-state index in [0.717, 1.165) is 18.3 Å². The van der Waals surface area contributed by atoms with Crippen LogP contribution in [0.15, 0.2) is 54.6 Å². The zero-order chi connectivity index (χ0) is 15.2. The molecule has 2 heteroatoms. The van der Waals surface area contributed by atoms with Gasteiger partial charge in [-0.15, -0.1) is 0 Å². The van der Waals surface area contributed by atoms with Gasteiger partial charge >= 0.3 is 6.92 Å². The Bertz CT molecular complexity index is 535. The predicted molar refractivity (Wildman–Crippen MR) is 92.0 cm³/mol. The van der Waals surface area contributed by atoms with Gasteiger partial charge in [0.25, 0.3) is 0 Å². The van der Waals surface area contributed by atoms with Gasteiger partial charge in [-0.05, 0) is 36.1 Å². The van der Waals surface area contributed by atoms with E-state index in [1.165, 1.54) is 11.1 Å². The van der Waals surface area contributed by atoms with Gasteiger partial charge in [-0.3, -0.25) is 0 Å². The first-order valence-corrected chi connectivity index (χ1v) is 7.91. The van der Waals surface area contributed by atoms with E-state index in [1.807, 2.05) is 18.2 Å². The summed E-state index contributed by atoms with van der Waals surface area (Å²) in [5.74, 6) is 0.763. The molecule has 0 radical (unpaired) electrons. The minimum atomic E-state index is -0.443. The summed E-state index contributed by atoms with van der Waals surface area (Å²) in [5.41, 5.74) is 3.47. The Kier molecular flexibility index (Phi) is 5.63. The Balaban J connectivity index is 2.28. The maximum absolute atomic E-state index is 10.9. The first-order valence-electron chi connectivity index (χ1n) is 7.91. The quantitative estimate of drug-likeness (QED) is 0.794. The largest absolute Gasteiger partial charge is 0.446 e. The molecule has 0 bridgehead atoms.